The maximum absolute atomic E-state index is 12.6. The van der Waals surface area contributed by atoms with E-state index in [1.54, 1.807) is 18.2 Å². The monoisotopic (exact) mass is 430 g/mol. The van der Waals surface area contributed by atoms with Crippen LogP contribution in [0.15, 0.2) is 29.6 Å². The molecule has 30 heavy (non-hydrogen) atoms. The van der Waals surface area contributed by atoms with Gasteiger partial charge in [-0.3, -0.25) is 9.59 Å². The van der Waals surface area contributed by atoms with E-state index >= 15 is 0 Å². The Bertz CT molecular complexity index is 845. The molecule has 0 unspecified atom stereocenters. The molecular formula is C23H30N2O4S. The number of benzene rings is 1. The Hall–Kier alpha value is -2.54. The normalized spacial score (nSPS) is 14.2. The van der Waals surface area contributed by atoms with Crippen LogP contribution in [0.3, 0.4) is 0 Å². The molecular weight excluding hydrogens is 400 g/mol. The number of thiophene rings is 1. The van der Waals surface area contributed by atoms with Crippen molar-refractivity contribution in [2.45, 2.75) is 52.4 Å². The molecule has 0 aliphatic heterocycles. The molecule has 1 aliphatic rings. The second-order valence-corrected chi connectivity index (χ2v) is 8.35. The summed E-state index contributed by atoms with van der Waals surface area (Å²) in [5.74, 6) is 1.24. The number of ether oxygens (including phenoxy) is 2. The van der Waals surface area contributed by atoms with Crippen LogP contribution in [0.2, 0.25) is 0 Å². The van der Waals surface area contributed by atoms with Crippen molar-refractivity contribution in [3.63, 3.8) is 0 Å². The summed E-state index contributed by atoms with van der Waals surface area (Å²) in [5.41, 5.74) is 1.08. The van der Waals surface area contributed by atoms with Crippen LogP contribution >= 0.6 is 11.3 Å². The topological polar surface area (TPSA) is 76.7 Å². The molecule has 2 aromatic rings. The van der Waals surface area contributed by atoms with E-state index < -0.39 is 0 Å². The van der Waals surface area contributed by atoms with Gasteiger partial charge in [0.05, 0.1) is 29.5 Å². The minimum Gasteiger partial charge on any atom is -0.492 e. The zero-order valence-corrected chi connectivity index (χ0v) is 18.5. The Morgan fingerprint density at radius 1 is 1.00 bits per heavy atom. The lowest BCUT2D eigenvalue weighted by Gasteiger charge is -2.22. The Morgan fingerprint density at radius 2 is 1.63 bits per heavy atom. The van der Waals surface area contributed by atoms with Gasteiger partial charge in [-0.2, -0.15) is 0 Å². The third-order valence-electron chi connectivity index (χ3n) is 5.15. The smallest absolute Gasteiger partial charge is 0.265 e. The van der Waals surface area contributed by atoms with Crippen molar-refractivity contribution < 1.29 is 19.1 Å². The molecule has 1 aromatic heterocycles. The number of rotatable bonds is 9. The van der Waals surface area contributed by atoms with Crippen molar-refractivity contribution in [1.29, 1.82) is 0 Å². The largest absolute Gasteiger partial charge is 0.492 e. The summed E-state index contributed by atoms with van der Waals surface area (Å²) in [4.78, 5) is 25.8. The highest BCUT2D eigenvalue weighted by Crippen LogP contribution is 2.38. The molecule has 1 saturated carbocycles. The van der Waals surface area contributed by atoms with Crippen LogP contribution in [0.4, 0.5) is 11.4 Å². The summed E-state index contributed by atoms with van der Waals surface area (Å²) in [6.07, 6.45) is 6.42. The van der Waals surface area contributed by atoms with E-state index in [9.17, 15) is 9.59 Å². The van der Waals surface area contributed by atoms with Gasteiger partial charge in [-0.15, -0.1) is 11.3 Å². The molecule has 1 aliphatic carbocycles. The maximum atomic E-state index is 12.6. The molecule has 0 radical (unpaired) electrons. The van der Waals surface area contributed by atoms with Crippen molar-refractivity contribution in [3.05, 3.63) is 34.5 Å². The van der Waals surface area contributed by atoms with Gasteiger partial charge >= 0.3 is 0 Å². The van der Waals surface area contributed by atoms with E-state index in [-0.39, 0.29) is 11.8 Å². The van der Waals surface area contributed by atoms with Gasteiger partial charge in [0.2, 0.25) is 5.91 Å². The molecule has 2 N–H and O–H groups in total. The van der Waals surface area contributed by atoms with Gasteiger partial charge in [0.25, 0.3) is 5.91 Å². The molecule has 1 fully saturated rings. The molecule has 1 aromatic carbocycles. The van der Waals surface area contributed by atoms with Crippen molar-refractivity contribution in [2.24, 2.45) is 5.92 Å². The van der Waals surface area contributed by atoms with E-state index in [0.717, 1.165) is 12.8 Å². The quantitative estimate of drug-likeness (QED) is 0.534. The van der Waals surface area contributed by atoms with Gasteiger partial charge in [0, 0.05) is 18.6 Å². The lowest BCUT2D eigenvalue weighted by molar-refractivity contribution is -0.117. The molecule has 1 heterocycles. The summed E-state index contributed by atoms with van der Waals surface area (Å²) in [5, 5.41) is 7.75. The summed E-state index contributed by atoms with van der Waals surface area (Å²) < 4.78 is 11.5. The summed E-state index contributed by atoms with van der Waals surface area (Å²) in [7, 11) is 0. The minimum absolute atomic E-state index is 0.0133. The Balaban J connectivity index is 1.80. The molecule has 0 saturated heterocycles. The average molecular weight is 431 g/mol. The van der Waals surface area contributed by atoms with Crippen LogP contribution in [0.5, 0.6) is 11.5 Å². The number of anilines is 2. The van der Waals surface area contributed by atoms with E-state index in [1.165, 1.54) is 30.6 Å². The van der Waals surface area contributed by atoms with E-state index in [2.05, 4.69) is 10.6 Å². The number of nitrogens with one attached hydrogen (secondary N) is 2. The van der Waals surface area contributed by atoms with Gasteiger partial charge in [-0.05, 0) is 44.1 Å². The molecule has 6 nitrogen and oxygen atoms in total. The van der Waals surface area contributed by atoms with E-state index in [0.29, 0.717) is 53.3 Å². The Morgan fingerprint density at radius 3 is 2.20 bits per heavy atom. The first-order chi connectivity index (χ1) is 14.6. The fraction of sp³-hybridized carbons (Fsp3) is 0.478. The fourth-order valence-corrected chi connectivity index (χ4v) is 4.37. The maximum Gasteiger partial charge on any atom is 0.265 e. The number of amides is 2. The molecule has 0 spiro atoms. The number of hydrogen-bond donors (Lipinski definition) is 2. The highest BCUT2D eigenvalue weighted by atomic mass is 32.1. The van der Waals surface area contributed by atoms with Crippen molar-refractivity contribution in [3.8, 4) is 11.5 Å². The van der Waals surface area contributed by atoms with Gasteiger partial charge < -0.3 is 20.1 Å². The average Bonchev–Trinajstić information content (AvgIpc) is 3.27. The van der Waals surface area contributed by atoms with E-state index in [1.807, 2.05) is 25.3 Å². The first kappa shape index (κ1) is 22.2. The van der Waals surface area contributed by atoms with E-state index in [4.69, 9.17) is 9.47 Å². The molecule has 3 rings (SSSR count). The second-order valence-electron chi connectivity index (χ2n) is 7.40. The summed E-state index contributed by atoms with van der Waals surface area (Å²) in [6, 6.07) is 7.05. The zero-order valence-electron chi connectivity index (χ0n) is 17.7. The van der Waals surface area contributed by atoms with Gasteiger partial charge in [-0.1, -0.05) is 25.3 Å². The number of hydrogen-bond acceptors (Lipinski definition) is 5. The zero-order chi connectivity index (χ0) is 21.3. The third kappa shape index (κ3) is 5.98. The Labute approximate surface area is 182 Å². The lowest BCUT2D eigenvalue weighted by Crippen LogP contribution is -2.19. The SMILES string of the molecule is CCOc1cc(NC(=O)c2cccs2)c(OCC)cc1NC(=O)CC1CCCCC1. The third-order valence-corrected chi connectivity index (χ3v) is 6.02. The predicted octanol–water partition coefficient (Wildman–Crippen LogP) is 5.71. The molecule has 0 atom stereocenters. The minimum atomic E-state index is -0.206. The molecule has 162 valence electrons. The van der Waals surface area contributed by atoms with Crippen molar-refractivity contribution >= 4 is 34.5 Å². The van der Waals surface area contributed by atoms with Crippen LogP contribution in [0.25, 0.3) is 0 Å². The lowest BCUT2D eigenvalue weighted by atomic mass is 9.87. The van der Waals surface area contributed by atoms with Gasteiger partial charge in [0.15, 0.2) is 0 Å². The van der Waals surface area contributed by atoms with Crippen LogP contribution in [0, 0.1) is 5.92 Å². The van der Waals surface area contributed by atoms with Gasteiger partial charge in [-0.25, -0.2) is 0 Å². The highest BCUT2D eigenvalue weighted by molar-refractivity contribution is 7.12. The first-order valence-electron chi connectivity index (χ1n) is 10.7. The Kier molecular flexibility index (Phi) is 8.13. The van der Waals surface area contributed by atoms with Crippen molar-refractivity contribution in [1.82, 2.24) is 0 Å². The molecule has 2 amide bonds. The van der Waals surface area contributed by atoms with Crippen LogP contribution in [-0.4, -0.2) is 25.0 Å². The van der Waals surface area contributed by atoms with Crippen LogP contribution in [-0.2, 0) is 4.79 Å². The second kappa shape index (κ2) is 11.0. The number of carbonyl (C=O) groups is 2. The number of carbonyl (C=O) groups excluding carboxylic acids is 2. The highest BCUT2D eigenvalue weighted by Gasteiger charge is 2.20. The molecule has 0 bridgehead atoms. The van der Waals surface area contributed by atoms with Gasteiger partial charge in [0.1, 0.15) is 11.5 Å². The van der Waals surface area contributed by atoms with Crippen molar-refractivity contribution in [2.75, 3.05) is 23.8 Å². The predicted molar refractivity (Wildman–Crippen MR) is 121 cm³/mol. The first-order valence-corrected chi connectivity index (χ1v) is 11.6. The summed E-state index contributed by atoms with van der Waals surface area (Å²) >= 11 is 1.37. The van der Waals surface area contributed by atoms with Crippen LogP contribution in [0.1, 0.15) is 62.0 Å². The molecule has 7 heteroatoms. The standard InChI is InChI=1S/C23H30N2O4S/c1-3-28-19-15-18(25-23(27)21-11-8-12-30-21)20(29-4-2)14-17(19)24-22(26)13-16-9-6-5-7-10-16/h8,11-12,14-16H,3-7,9-10,13H2,1-2H3,(H,24,26)(H,25,27). The fourth-order valence-electron chi connectivity index (χ4n) is 3.75. The van der Waals surface area contributed by atoms with Crippen LogP contribution < -0.4 is 20.1 Å². The summed E-state index contributed by atoms with van der Waals surface area (Å²) in [6.45, 7) is 4.64.